The van der Waals surface area contributed by atoms with Crippen LogP contribution < -0.4 is 0 Å². The first-order chi connectivity index (χ1) is 11.8. The monoisotopic (exact) mass is 318 g/mol. The zero-order valence-corrected chi connectivity index (χ0v) is 14.0. The van der Waals surface area contributed by atoms with E-state index in [4.69, 9.17) is 9.47 Å². The SMILES string of the molecule is CO[C@]12CCC[C@@]1(C=C1c3ccccc3-c3ccccc31)CCO2. The predicted molar refractivity (Wildman–Crippen MR) is 95.6 cm³/mol. The lowest BCUT2D eigenvalue weighted by atomic mass is 9.77. The maximum absolute atomic E-state index is 6.14. The second-order valence-electron chi connectivity index (χ2n) is 7.21. The van der Waals surface area contributed by atoms with Crippen molar-refractivity contribution < 1.29 is 9.47 Å². The first-order valence-electron chi connectivity index (χ1n) is 8.90. The van der Waals surface area contributed by atoms with E-state index >= 15 is 0 Å². The summed E-state index contributed by atoms with van der Waals surface area (Å²) in [6.07, 6.45) is 6.85. The van der Waals surface area contributed by atoms with E-state index in [0.717, 1.165) is 25.9 Å². The summed E-state index contributed by atoms with van der Waals surface area (Å²) in [7, 11) is 1.81. The Labute approximate surface area is 143 Å². The molecule has 2 aliphatic carbocycles. The summed E-state index contributed by atoms with van der Waals surface area (Å²) in [5.74, 6) is -0.424. The minimum absolute atomic E-state index is 0.00163. The third kappa shape index (κ3) is 1.73. The molecule has 0 aromatic heterocycles. The third-order valence-electron chi connectivity index (χ3n) is 6.25. The number of hydrogen-bond acceptors (Lipinski definition) is 2. The van der Waals surface area contributed by atoms with Gasteiger partial charge in [-0.25, -0.2) is 0 Å². The molecular formula is C22H22O2. The maximum atomic E-state index is 6.14. The maximum Gasteiger partial charge on any atom is 0.177 e. The van der Waals surface area contributed by atoms with Gasteiger partial charge in [0.15, 0.2) is 5.79 Å². The fourth-order valence-electron chi connectivity index (χ4n) is 5.11. The Morgan fingerprint density at radius 2 is 1.50 bits per heavy atom. The smallest absolute Gasteiger partial charge is 0.177 e. The quantitative estimate of drug-likeness (QED) is 0.659. The number of hydrogen-bond donors (Lipinski definition) is 0. The number of methoxy groups -OCH3 is 1. The van der Waals surface area contributed by atoms with Crippen LogP contribution in [0, 0.1) is 5.41 Å². The second kappa shape index (κ2) is 5.05. The van der Waals surface area contributed by atoms with Gasteiger partial charge in [0.05, 0.1) is 6.61 Å². The first kappa shape index (κ1) is 14.4. The van der Waals surface area contributed by atoms with E-state index in [1.54, 1.807) is 7.11 Å². The van der Waals surface area contributed by atoms with Crippen LogP contribution in [0.25, 0.3) is 16.7 Å². The molecule has 5 rings (SSSR count). The lowest BCUT2D eigenvalue weighted by molar-refractivity contribution is -0.221. The molecule has 0 N–H and O–H groups in total. The van der Waals surface area contributed by atoms with E-state index in [1.165, 1.54) is 34.2 Å². The Morgan fingerprint density at radius 1 is 0.875 bits per heavy atom. The minimum Gasteiger partial charge on any atom is -0.352 e. The van der Waals surface area contributed by atoms with Gasteiger partial charge in [0.1, 0.15) is 0 Å². The van der Waals surface area contributed by atoms with E-state index in [-0.39, 0.29) is 5.41 Å². The van der Waals surface area contributed by atoms with Gasteiger partial charge in [0, 0.05) is 18.9 Å². The third-order valence-corrected chi connectivity index (χ3v) is 6.25. The van der Waals surface area contributed by atoms with Gasteiger partial charge in [0.25, 0.3) is 0 Å². The van der Waals surface area contributed by atoms with Crippen LogP contribution in [-0.4, -0.2) is 19.5 Å². The van der Waals surface area contributed by atoms with Crippen LogP contribution in [-0.2, 0) is 9.47 Å². The highest BCUT2D eigenvalue weighted by Crippen LogP contribution is 2.59. The predicted octanol–water partition coefficient (Wildman–Crippen LogP) is 5.03. The summed E-state index contributed by atoms with van der Waals surface area (Å²) in [5, 5.41) is 0. The molecule has 1 aliphatic heterocycles. The van der Waals surface area contributed by atoms with Crippen LogP contribution in [0.15, 0.2) is 54.6 Å². The summed E-state index contributed by atoms with van der Waals surface area (Å²) >= 11 is 0. The first-order valence-corrected chi connectivity index (χ1v) is 8.90. The zero-order valence-electron chi connectivity index (χ0n) is 14.0. The molecule has 0 radical (unpaired) electrons. The molecule has 1 saturated heterocycles. The van der Waals surface area contributed by atoms with E-state index in [0.29, 0.717) is 0 Å². The molecule has 2 fully saturated rings. The molecular weight excluding hydrogens is 296 g/mol. The molecule has 24 heavy (non-hydrogen) atoms. The lowest BCUT2D eigenvalue weighted by Crippen LogP contribution is -2.41. The molecule has 2 aromatic carbocycles. The van der Waals surface area contributed by atoms with E-state index in [9.17, 15) is 0 Å². The highest BCUT2D eigenvalue weighted by Gasteiger charge is 2.59. The molecule has 0 amide bonds. The van der Waals surface area contributed by atoms with E-state index in [2.05, 4.69) is 54.6 Å². The Morgan fingerprint density at radius 3 is 2.12 bits per heavy atom. The topological polar surface area (TPSA) is 18.5 Å². The molecule has 0 spiro atoms. The average molecular weight is 318 g/mol. The summed E-state index contributed by atoms with van der Waals surface area (Å²) in [4.78, 5) is 0. The molecule has 2 heteroatoms. The molecule has 0 bridgehead atoms. The van der Waals surface area contributed by atoms with Gasteiger partial charge in [-0.2, -0.15) is 0 Å². The van der Waals surface area contributed by atoms with Crippen molar-refractivity contribution in [1.82, 2.24) is 0 Å². The van der Waals surface area contributed by atoms with Gasteiger partial charge in [-0.3, -0.25) is 0 Å². The number of fused-ring (bicyclic) bond motifs is 4. The number of ether oxygens (including phenoxy) is 2. The van der Waals surface area contributed by atoms with E-state index in [1.807, 2.05) is 0 Å². The Hall–Kier alpha value is -1.90. The van der Waals surface area contributed by atoms with Crippen molar-refractivity contribution in [3.8, 4) is 11.1 Å². The Bertz CT molecular complexity index is 776. The zero-order chi connectivity index (χ0) is 16.2. The van der Waals surface area contributed by atoms with Crippen LogP contribution in [0.1, 0.15) is 36.8 Å². The highest BCUT2D eigenvalue weighted by molar-refractivity contribution is 6.01. The lowest BCUT2D eigenvalue weighted by Gasteiger charge is -2.36. The van der Waals surface area contributed by atoms with Crippen LogP contribution in [0.2, 0.25) is 0 Å². The second-order valence-corrected chi connectivity index (χ2v) is 7.21. The summed E-state index contributed by atoms with van der Waals surface area (Å²) < 4.78 is 12.1. The summed E-state index contributed by atoms with van der Waals surface area (Å²) in [6, 6.07) is 17.5. The van der Waals surface area contributed by atoms with Crippen LogP contribution >= 0.6 is 0 Å². The largest absolute Gasteiger partial charge is 0.352 e. The fraction of sp³-hybridized carbons (Fsp3) is 0.364. The van der Waals surface area contributed by atoms with Crippen molar-refractivity contribution in [2.45, 2.75) is 31.5 Å². The normalized spacial score (nSPS) is 30.1. The number of rotatable bonds is 2. The van der Waals surface area contributed by atoms with Crippen molar-refractivity contribution >= 4 is 5.57 Å². The summed E-state index contributed by atoms with van der Waals surface area (Å²) in [6.45, 7) is 0.793. The van der Waals surface area contributed by atoms with Gasteiger partial charge in [-0.1, -0.05) is 54.6 Å². The molecule has 0 unspecified atom stereocenters. The van der Waals surface area contributed by atoms with Gasteiger partial charge < -0.3 is 9.47 Å². The highest BCUT2D eigenvalue weighted by atomic mass is 16.7. The van der Waals surface area contributed by atoms with Gasteiger partial charge in [-0.05, 0) is 47.1 Å². The Balaban J connectivity index is 1.73. The van der Waals surface area contributed by atoms with Gasteiger partial charge >= 0.3 is 0 Å². The Kier molecular flexibility index (Phi) is 3.04. The van der Waals surface area contributed by atoms with Gasteiger partial charge in [0.2, 0.25) is 0 Å². The minimum atomic E-state index is -0.424. The average Bonchev–Trinajstić information content (AvgIpc) is 3.24. The van der Waals surface area contributed by atoms with Gasteiger partial charge in [-0.15, -0.1) is 0 Å². The van der Waals surface area contributed by atoms with Crippen molar-refractivity contribution in [3.05, 3.63) is 65.7 Å². The molecule has 2 atom stereocenters. The fourth-order valence-corrected chi connectivity index (χ4v) is 5.11. The standard InChI is InChI=1S/C22H22O2/c1-23-22-12-6-11-21(22,13-14-24-22)15-20-18-9-4-2-7-16(18)17-8-3-5-10-19(17)20/h2-5,7-10,15H,6,11-14H2,1H3/t21-,22-/m0/s1. The van der Waals surface area contributed by atoms with Crippen molar-refractivity contribution in [3.63, 3.8) is 0 Å². The van der Waals surface area contributed by atoms with E-state index < -0.39 is 5.79 Å². The molecule has 2 aromatic rings. The van der Waals surface area contributed by atoms with Crippen LogP contribution in [0.5, 0.6) is 0 Å². The van der Waals surface area contributed by atoms with Crippen molar-refractivity contribution in [2.75, 3.05) is 13.7 Å². The van der Waals surface area contributed by atoms with Crippen molar-refractivity contribution in [1.29, 1.82) is 0 Å². The molecule has 3 aliphatic rings. The van der Waals surface area contributed by atoms with Crippen LogP contribution in [0.3, 0.4) is 0 Å². The summed E-state index contributed by atoms with van der Waals surface area (Å²) in [5.41, 5.74) is 6.73. The number of benzene rings is 2. The molecule has 122 valence electrons. The molecule has 2 nitrogen and oxygen atoms in total. The van der Waals surface area contributed by atoms with Crippen molar-refractivity contribution in [2.24, 2.45) is 5.41 Å². The van der Waals surface area contributed by atoms with Crippen LogP contribution in [0.4, 0.5) is 0 Å². The molecule has 1 heterocycles. The molecule has 1 saturated carbocycles.